The number of nitro groups is 1. The molecule has 2 aromatic carbocycles. The minimum atomic E-state index is -0.984. The Morgan fingerprint density at radius 2 is 2.00 bits per heavy atom. The molecule has 2 aromatic rings. The van der Waals surface area contributed by atoms with E-state index in [2.05, 4.69) is 10.6 Å². The molecule has 1 aliphatic rings. The summed E-state index contributed by atoms with van der Waals surface area (Å²) >= 11 is 1.49. The van der Waals surface area contributed by atoms with Crippen molar-refractivity contribution in [2.24, 2.45) is 0 Å². The van der Waals surface area contributed by atoms with Gasteiger partial charge in [0.15, 0.2) is 6.61 Å². The van der Waals surface area contributed by atoms with E-state index in [-0.39, 0.29) is 23.7 Å². The van der Waals surface area contributed by atoms with Crippen LogP contribution in [0.25, 0.3) is 0 Å². The van der Waals surface area contributed by atoms with Crippen molar-refractivity contribution < 1.29 is 24.0 Å². The Morgan fingerprint density at radius 1 is 1.21 bits per heavy atom. The molecule has 34 heavy (non-hydrogen) atoms. The van der Waals surface area contributed by atoms with Gasteiger partial charge in [-0.05, 0) is 54.9 Å². The molecule has 0 fully saturated rings. The molecule has 0 aromatic heterocycles. The fourth-order valence-electron chi connectivity index (χ4n) is 3.86. The van der Waals surface area contributed by atoms with E-state index >= 15 is 0 Å². The molecule has 10 heteroatoms. The maximum Gasteiger partial charge on any atom is 0.329 e. The van der Waals surface area contributed by atoms with Gasteiger partial charge in [-0.3, -0.25) is 19.7 Å². The van der Waals surface area contributed by atoms with Gasteiger partial charge in [-0.25, -0.2) is 4.79 Å². The van der Waals surface area contributed by atoms with Crippen molar-refractivity contribution in [3.63, 3.8) is 0 Å². The number of aryl methyl sites for hydroxylation is 1. The zero-order valence-corrected chi connectivity index (χ0v) is 19.6. The van der Waals surface area contributed by atoms with Gasteiger partial charge in [0.2, 0.25) is 0 Å². The molecule has 0 radical (unpaired) electrons. The summed E-state index contributed by atoms with van der Waals surface area (Å²) in [7, 11) is 0. The van der Waals surface area contributed by atoms with Gasteiger partial charge in [-0.2, -0.15) is 11.8 Å². The number of benzene rings is 2. The van der Waals surface area contributed by atoms with Crippen molar-refractivity contribution in [2.75, 3.05) is 18.6 Å². The summed E-state index contributed by atoms with van der Waals surface area (Å²) < 4.78 is 5.21. The third-order valence-electron chi connectivity index (χ3n) is 5.57. The lowest BCUT2D eigenvalue weighted by Crippen LogP contribution is -2.43. The predicted octanol–water partition coefficient (Wildman–Crippen LogP) is 3.18. The quantitative estimate of drug-likeness (QED) is 0.300. The first kappa shape index (κ1) is 25.2. The van der Waals surface area contributed by atoms with Gasteiger partial charge >= 0.3 is 5.97 Å². The van der Waals surface area contributed by atoms with Gasteiger partial charge in [0.25, 0.3) is 17.5 Å². The first-order valence-electron chi connectivity index (χ1n) is 11.0. The number of fused-ring (bicyclic) bond motifs is 1. The molecular weight excluding hydrogens is 458 g/mol. The molecule has 180 valence electrons. The molecule has 2 unspecified atom stereocenters. The lowest BCUT2D eigenvalue weighted by Gasteiger charge is -2.26. The van der Waals surface area contributed by atoms with Crippen LogP contribution in [-0.4, -0.2) is 47.4 Å². The molecule has 0 saturated heterocycles. The molecular formula is C24H27N3O6S. The van der Waals surface area contributed by atoms with Gasteiger partial charge in [-0.15, -0.1) is 0 Å². The number of rotatable bonds is 10. The second-order valence-electron chi connectivity index (χ2n) is 7.93. The molecule has 3 rings (SSSR count). The maximum atomic E-state index is 12.7. The van der Waals surface area contributed by atoms with Crippen molar-refractivity contribution in [3.8, 4) is 0 Å². The van der Waals surface area contributed by atoms with Gasteiger partial charge in [0.1, 0.15) is 6.04 Å². The van der Waals surface area contributed by atoms with Crippen LogP contribution in [0.3, 0.4) is 0 Å². The van der Waals surface area contributed by atoms with Crippen molar-refractivity contribution in [2.45, 2.75) is 37.8 Å². The predicted molar refractivity (Wildman–Crippen MR) is 129 cm³/mol. The highest BCUT2D eigenvalue weighted by Crippen LogP contribution is 2.29. The number of carbonyl (C=O) groups excluding carboxylic acids is 3. The van der Waals surface area contributed by atoms with Gasteiger partial charge in [0.05, 0.1) is 11.0 Å². The molecule has 2 N–H and O–H groups in total. The number of esters is 1. The topological polar surface area (TPSA) is 128 Å². The average molecular weight is 486 g/mol. The Labute approximate surface area is 201 Å². The summed E-state index contributed by atoms with van der Waals surface area (Å²) in [5, 5.41) is 16.5. The zero-order chi connectivity index (χ0) is 24.5. The average Bonchev–Trinajstić information content (AvgIpc) is 2.85. The molecule has 2 atom stereocenters. The number of nitrogens with zero attached hydrogens (tertiary/aromatic N) is 1. The Balaban J connectivity index is 1.58. The number of non-ortho nitro benzene ring substituents is 1. The van der Waals surface area contributed by atoms with Crippen LogP contribution in [-0.2, 0) is 20.7 Å². The third-order valence-corrected chi connectivity index (χ3v) is 6.21. The second-order valence-corrected chi connectivity index (χ2v) is 8.92. The minimum absolute atomic E-state index is 0.0601. The lowest BCUT2D eigenvalue weighted by atomic mass is 9.88. The van der Waals surface area contributed by atoms with E-state index in [0.29, 0.717) is 5.75 Å². The number of carbonyl (C=O) groups is 3. The van der Waals surface area contributed by atoms with Crippen LogP contribution in [0.15, 0.2) is 48.5 Å². The van der Waals surface area contributed by atoms with E-state index in [1.807, 2.05) is 30.5 Å². The second kappa shape index (κ2) is 12.2. The van der Waals surface area contributed by atoms with Crippen LogP contribution in [0, 0.1) is 10.1 Å². The zero-order valence-electron chi connectivity index (χ0n) is 18.8. The van der Waals surface area contributed by atoms with Gasteiger partial charge < -0.3 is 15.4 Å². The summed E-state index contributed by atoms with van der Waals surface area (Å²) in [4.78, 5) is 48.1. The highest BCUT2D eigenvalue weighted by Gasteiger charge is 2.26. The highest BCUT2D eigenvalue weighted by molar-refractivity contribution is 7.98. The normalized spacial score (nSPS) is 15.5. The van der Waals surface area contributed by atoms with Crippen LogP contribution >= 0.6 is 11.8 Å². The van der Waals surface area contributed by atoms with Gasteiger partial charge in [-0.1, -0.05) is 30.3 Å². The van der Waals surface area contributed by atoms with E-state index in [4.69, 9.17) is 4.74 Å². The Morgan fingerprint density at radius 3 is 2.76 bits per heavy atom. The molecule has 9 nitrogen and oxygen atoms in total. The lowest BCUT2D eigenvalue weighted by molar-refractivity contribution is -0.384. The molecule has 0 spiro atoms. The van der Waals surface area contributed by atoms with Crippen molar-refractivity contribution in [3.05, 3.63) is 75.3 Å². The van der Waals surface area contributed by atoms with Crippen LogP contribution in [0.1, 0.15) is 46.8 Å². The van der Waals surface area contributed by atoms with E-state index in [0.717, 1.165) is 30.9 Å². The van der Waals surface area contributed by atoms with Crippen molar-refractivity contribution >= 4 is 35.2 Å². The number of nitro benzene ring substituents is 1. The summed E-state index contributed by atoms with van der Waals surface area (Å²) in [6, 6.07) is 12.1. The van der Waals surface area contributed by atoms with E-state index in [9.17, 15) is 24.5 Å². The summed E-state index contributed by atoms with van der Waals surface area (Å²) in [6.07, 6.45) is 4.89. The number of amides is 2. The summed E-state index contributed by atoms with van der Waals surface area (Å²) in [5.41, 5.74) is 2.12. The maximum absolute atomic E-state index is 12.7. The van der Waals surface area contributed by atoms with E-state index < -0.39 is 35.4 Å². The SMILES string of the molecule is CSCCC(NC(=O)c1cccc([N+](=O)[O-])c1)C(=O)OCC(=O)NC1CCCc2ccccc21. The molecule has 0 bridgehead atoms. The number of hydrogen-bond donors (Lipinski definition) is 2. The first-order valence-corrected chi connectivity index (χ1v) is 12.4. The van der Waals surface area contributed by atoms with Crippen LogP contribution in [0.5, 0.6) is 0 Å². The molecule has 2 amide bonds. The largest absolute Gasteiger partial charge is 0.454 e. The Hall–Kier alpha value is -3.40. The number of thioether (sulfide) groups is 1. The fraction of sp³-hybridized carbons (Fsp3) is 0.375. The smallest absolute Gasteiger partial charge is 0.329 e. The monoisotopic (exact) mass is 485 g/mol. The van der Waals surface area contributed by atoms with Crippen LogP contribution in [0.4, 0.5) is 5.69 Å². The minimum Gasteiger partial charge on any atom is -0.454 e. The highest BCUT2D eigenvalue weighted by atomic mass is 32.2. The molecule has 0 aliphatic heterocycles. The molecule has 0 heterocycles. The first-order chi connectivity index (χ1) is 16.4. The molecule has 1 aliphatic carbocycles. The summed E-state index contributed by atoms with van der Waals surface area (Å²) in [6.45, 7) is -0.458. The van der Waals surface area contributed by atoms with Crippen molar-refractivity contribution in [1.82, 2.24) is 10.6 Å². The Kier molecular flexibility index (Phi) is 9.03. The van der Waals surface area contributed by atoms with Gasteiger partial charge in [0, 0.05) is 17.7 Å². The summed E-state index contributed by atoms with van der Waals surface area (Å²) in [5.74, 6) is -1.20. The third kappa shape index (κ3) is 6.80. The fourth-order valence-corrected chi connectivity index (χ4v) is 4.34. The van der Waals surface area contributed by atoms with E-state index in [1.165, 1.54) is 35.5 Å². The number of ether oxygens (including phenoxy) is 1. The number of nitrogens with one attached hydrogen (secondary N) is 2. The number of hydrogen-bond acceptors (Lipinski definition) is 7. The van der Waals surface area contributed by atoms with Crippen LogP contribution in [0.2, 0.25) is 0 Å². The van der Waals surface area contributed by atoms with Crippen molar-refractivity contribution in [1.29, 1.82) is 0 Å². The van der Waals surface area contributed by atoms with Crippen LogP contribution < -0.4 is 10.6 Å². The van der Waals surface area contributed by atoms with E-state index in [1.54, 1.807) is 0 Å². The molecule has 0 saturated carbocycles. The Bertz CT molecular complexity index is 1060. The standard InChI is InChI=1S/C24H27N3O6S/c1-34-13-12-21(26-23(29)17-8-4-9-18(14-17)27(31)32)24(30)33-15-22(28)25-20-11-5-7-16-6-2-3-10-19(16)20/h2-4,6,8-10,14,20-21H,5,7,11-13,15H2,1H3,(H,25,28)(H,26,29).